The number of esters is 1. The van der Waals surface area contributed by atoms with Crippen LogP contribution in [0.5, 0.6) is 0 Å². The molecular weight excluding hydrogens is 350 g/mol. The standard InChI is InChI=1S/C21H26ClNO3/c1-14(18(24)23-12-15-5-3-2-4-6-15)26-19(25)20-8-16-7-17(9-20)11-21(22,10-16)13-20/h2-6,14,16-17H,7-13H2,1H3,(H,23,24). The summed E-state index contributed by atoms with van der Waals surface area (Å²) in [4.78, 5) is 25.1. The van der Waals surface area contributed by atoms with Crippen LogP contribution in [0.25, 0.3) is 0 Å². The zero-order chi connectivity index (χ0) is 18.4. The Bertz CT molecular complexity index is 690. The second kappa shape index (κ2) is 6.56. The lowest BCUT2D eigenvalue weighted by Crippen LogP contribution is -2.57. The van der Waals surface area contributed by atoms with Crippen LogP contribution in [-0.4, -0.2) is 22.9 Å². The highest BCUT2D eigenvalue weighted by Gasteiger charge is 2.61. The van der Waals surface area contributed by atoms with E-state index >= 15 is 0 Å². The summed E-state index contributed by atoms with van der Waals surface area (Å²) in [6, 6.07) is 9.70. The van der Waals surface area contributed by atoms with E-state index < -0.39 is 11.5 Å². The number of ether oxygens (including phenoxy) is 1. The highest BCUT2D eigenvalue weighted by atomic mass is 35.5. The molecule has 0 aromatic heterocycles. The first kappa shape index (κ1) is 17.8. The average molecular weight is 376 g/mol. The number of hydrogen-bond acceptors (Lipinski definition) is 3. The van der Waals surface area contributed by atoms with Crippen LogP contribution in [0.2, 0.25) is 0 Å². The Hall–Kier alpha value is -1.55. The molecule has 0 radical (unpaired) electrons. The van der Waals surface area contributed by atoms with E-state index in [2.05, 4.69) is 5.32 Å². The van der Waals surface area contributed by atoms with E-state index in [0.29, 0.717) is 24.8 Å². The van der Waals surface area contributed by atoms with Gasteiger partial charge in [0.25, 0.3) is 5.91 Å². The summed E-state index contributed by atoms with van der Waals surface area (Å²) >= 11 is 6.79. The molecule has 4 nitrogen and oxygen atoms in total. The van der Waals surface area contributed by atoms with Crippen LogP contribution in [-0.2, 0) is 20.9 Å². The van der Waals surface area contributed by atoms with Crippen LogP contribution in [0.15, 0.2) is 30.3 Å². The Morgan fingerprint density at radius 2 is 1.85 bits per heavy atom. The van der Waals surface area contributed by atoms with Gasteiger partial charge in [0.2, 0.25) is 0 Å². The molecule has 4 fully saturated rings. The smallest absolute Gasteiger partial charge is 0.312 e. The molecule has 3 atom stereocenters. The molecule has 1 aromatic rings. The maximum absolute atomic E-state index is 13.0. The molecule has 5 heteroatoms. The topological polar surface area (TPSA) is 55.4 Å². The predicted octanol–water partition coefficient (Wildman–Crippen LogP) is 3.81. The Kier molecular flexibility index (Phi) is 4.50. The molecule has 1 aromatic carbocycles. The summed E-state index contributed by atoms with van der Waals surface area (Å²) in [5.41, 5.74) is 0.546. The number of carbonyl (C=O) groups excluding carboxylic acids is 2. The second-order valence-corrected chi connectivity index (χ2v) is 9.44. The number of amides is 1. The van der Waals surface area contributed by atoms with Crippen molar-refractivity contribution in [2.75, 3.05) is 0 Å². The van der Waals surface area contributed by atoms with Gasteiger partial charge in [0.05, 0.1) is 5.41 Å². The van der Waals surface area contributed by atoms with Crippen molar-refractivity contribution in [3.8, 4) is 0 Å². The van der Waals surface area contributed by atoms with E-state index in [1.807, 2.05) is 30.3 Å². The average Bonchev–Trinajstić information content (AvgIpc) is 2.58. The van der Waals surface area contributed by atoms with E-state index in [4.69, 9.17) is 16.3 Å². The molecule has 140 valence electrons. The van der Waals surface area contributed by atoms with Gasteiger partial charge in [-0.15, -0.1) is 11.6 Å². The van der Waals surface area contributed by atoms with Crippen molar-refractivity contribution in [1.29, 1.82) is 0 Å². The third-order valence-electron chi connectivity index (χ3n) is 6.39. The maximum Gasteiger partial charge on any atom is 0.312 e. The minimum atomic E-state index is -0.787. The van der Waals surface area contributed by atoms with Gasteiger partial charge in [-0.05, 0) is 62.8 Å². The van der Waals surface area contributed by atoms with E-state index in [9.17, 15) is 9.59 Å². The highest BCUT2D eigenvalue weighted by molar-refractivity contribution is 6.24. The number of alkyl halides is 1. The van der Waals surface area contributed by atoms with E-state index in [-0.39, 0.29) is 16.8 Å². The third-order valence-corrected chi connectivity index (χ3v) is 6.83. The van der Waals surface area contributed by atoms with Gasteiger partial charge in [0.1, 0.15) is 0 Å². The molecule has 1 amide bonds. The van der Waals surface area contributed by atoms with E-state index in [1.165, 1.54) is 6.42 Å². The van der Waals surface area contributed by atoms with Crippen molar-refractivity contribution in [3.05, 3.63) is 35.9 Å². The van der Waals surface area contributed by atoms with Gasteiger partial charge in [-0.2, -0.15) is 0 Å². The van der Waals surface area contributed by atoms with Crippen LogP contribution < -0.4 is 5.32 Å². The number of nitrogens with one attached hydrogen (secondary N) is 1. The summed E-state index contributed by atoms with van der Waals surface area (Å²) in [6.45, 7) is 2.08. The molecular formula is C21H26ClNO3. The van der Waals surface area contributed by atoms with Crippen LogP contribution in [0.1, 0.15) is 51.0 Å². The van der Waals surface area contributed by atoms with Gasteiger partial charge >= 0.3 is 5.97 Å². The zero-order valence-electron chi connectivity index (χ0n) is 15.2. The lowest BCUT2D eigenvalue weighted by molar-refractivity contribution is -0.177. The van der Waals surface area contributed by atoms with E-state index in [1.54, 1.807) is 6.92 Å². The molecule has 1 N–H and O–H groups in total. The molecule has 4 aliphatic rings. The Balaban J connectivity index is 1.36. The van der Waals surface area contributed by atoms with Crippen molar-refractivity contribution < 1.29 is 14.3 Å². The molecule has 4 saturated carbocycles. The summed E-state index contributed by atoms with van der Waals surface area (Å²) < 4.78 is 5.62. The summed E-state index contributed by atoms with van der Waals surface area (Å²) in [6.07, 6.45) is 4.89. The Morgan fingerprint density at radius 1 is 1.19 bits per heavy atom. The summed E-state index contributed by atoms with van der Waals surface area (Å²) in [5.74, 6) is 0.582. The van der Waals surface area contributed by atoms with Crippen molar-refractivity contribution in [1.82, 2.24) is 5.32 Å². The van der Waals surface area contributed by atoms with E-state index in [0.717, 1.165) is 31.2 Å². The van der Waals surface area contributed by atoms with Gasteiger partial charge in [0, 0.05) is 11.4 Å². The van der Waals surface area contributed by atoms with Crippen molar-refractivity contribution in [2.45, 2.75) is 63.0 Å². The number of benzene rings is 1. The SMILES string of the molecule is CC(OC(=O)C12CC3CC(CC(Cl)(C3)C1)C2)C(=O)NCc1ccccc1. The first-order valence-electron chi connectivity index (χ1n) is 9.59. The Labute approximate surface area is 159 Å². The van der Waals surface area contributed by atoms with Crippen molar-refractivity contribution in [3.63, 3.8) is 0 Å². The molecule has 0 spiro atoms. The fraction of sp³-hybridized carbons (Fsp3) is 0.619. The predicted molar refractivity (Wildman–Crippen MR) is 99.5 cm³/mol. The summed E-state index contributed by atoms with van der Waals surface area (Å²) in [7, 11) is 0. The number of halogens is 1. The molecule has 5 rings (SSSR count). The van der Waals surface area contributed by atoms with Gasteiger partial charge in [0.15, 0.2) is 6.10 Å². The minimum absolute atomic E-state index is 0.223. The molecule has 4 bridgehead atoms. The fourth-order valence-corrected chi connectivity index (χ4v) is 6.35. The molecule has 0 aliphatic heterocycles. The number of hydrogen-bond donors (Lipinski definition) is 1. The largest absolute Gasteiger partial charge is 0.452 e. The monoisotopic (exact) mass is 375 g/mol. The fourth-order valence-electron chi connectivity index (χ4n) is 5.66. The van der Waals surface area contributed by atoms with Crippen LogP contribution in [0.4, 0.5) is 0 Å². The van der Waals surface area contributed by atoms with Crippen molar-refractivity contribution >= 4 is 23.5 Å². The zero-order valence-corrected chi connectivity index (χ0v) is 15.9. The second-order valence-electron chi connectivity index (χ2n) is 8.64. The maximum atomic E-state index is 13.0. The van der Waals surface area contributed by atoms with Crippen LogP contribution in [0.3, 0.4) is 0 Å². The number of carbonyl (C=O) groups is 2. The molecule has 4 aliphatic carbocycles. The van der Waals surface area contributed by atoms with Gasteiger partial charge in [-0.1, -0.05) is 30.3 Å². The third kappa shape index (κ3) is 3.36. The molecule has 0 heterocycles. The van der Waals surface area contributed by atoms with Gasteiger partial charge < -0.3 is 10.1 Å². The van der Waals surface area contributed by atoms with Crippen molar-refractivity contribution in [2.24, 2.45) is 17.3 Å². The lowest BCUT2D eigenvalue weighted by atomic mass is 9.49. The Morgan fingerprint density at radius 3 is 2.46 bits per heavy atom. The quantitative estimate of drug-likeness (QED) is 0.628. The first-order chi connectivity index (χ1) is 12.4. The molecule has 26 heavy (non-hydrogen) atoms. The van der Waals surface area contributed by atoms with Gasteiger partial charge in [-0.3, -0.25) is 9.59 Å². The van der Waals surface area contributed by atoms with Crippen LogP contribution >= 0.6 is 11.6 Å². The first-order valence-corrected chi connectivity index (χ1v) is 9.97. The van der Waals surface area contributed by atoms with Crippen LogP contribution in [0, 0.1) is 17.3 Å². The summed E-state index contributed by atoms with van der Waals surface area (Å²) in [5, 5.41) is 2.84. The molecule has 0 saturated heterocycles. The highest BCUT2D eigenvalue weighted by Crippen LogP contribution is 2.64. The lowest BCUT2D eigenvalue weighted by Gasteiger charge is -2.58. The van der Waals surface area contributed by atoms with Gasteiger partial charge in [-0.25, -0.2) is 0 Å². The number of rotatable bonds is 5. The normalized spacial score (nSPS) is 35.8. The minimum Gasteiger partial charge on any atom is -0.452 e. The molecule has 3 unspecified atom stereocenters.